The Bertz CT molecular complexity index is 586. The number of carboxylic acids is 1. The second-order valence-corrected chi connectivity index (χ2v) is 4.50. The number of aliphatic carboxylic acids is 1. The Hall–Kier alpha value is -2.17. The molecule has 5 heteroatoms. The summed E-state index contributed by atoms with van der Waals surface area (Å²) in [7, 11) is 0. The van der Waals surface area contributed by atoms with Gasteiger partial charge in [0.15, 0.2) is 0 Å². The van der Waals surface area contributed by atoms with E-state index in [0.29, 0.717) is 5.82 Å². The maximum absolute atomic E-state index is 11.0. The van der Waals surface area contributed by atoms with Crippen LogP contribution >= 0.6 is 0 Å². The fourth-order valence-electron chi connectivity index (χ4n) is 1.91. The maximum Gasteiger partial charge on any atom is 0.323 e. The van der Waals surface area contributed by atoms with E-state index >= 15 is 0 Å². The summed E-state index contributed by atoms with van der Waals surface area (Å²) in [5.41, 5.74) is 1.59. The Balaban J connectivity index is 2.40. The lowest BCUT2D eigenvalue weighted by Gasteiger charge is -2.27. The highest BCUT2D eigenvalue weighted by Crippen LogP contribution is 2.18. The Morgan fingerprint density at radius 1 is 1.37 bits per heavy atom. The summed E-state index contributed by atoms with van der Waals surface area (Å²) in [5.74, 6) is -0.259. The molecule has 2 rings (SSSR count). The normalized spacial score (nSPS) is 12.3. The average molecular weight is 259 g/mol. The van der Waals surface area contributed by atoms with Crippen molar-refractivity contribution < 1.29 is 9.90 Å². The first-order chi connectivity index (χ1) is 9.11. The van der Waals surface area contributed by atoms with Gasteiger partial charge in [0.25, 0.3) is 0 Å². The van der Waals surface area contributed by atoms with E-state index in [0.717, 1.165) is 17.5 Å². The van der Waals surface area contributed by atoms with Crippen LogP contribution in [0.3, 0.4) is 0 Å². The summed E-state index contributed by atoms with van der Waals surface area (Å²) in [6.45, 7) is 3.94. The maximum atomic E-state index is 11.0. The van der Waals surface area contributed by atoms with E-state index in [9.17, 15) is 4.79 Å². The van der Waals surface area contributed by atoms with Gasteiger partial charge in [0.2, 0.25) is 0 Å². The lowest BCUT2D eigenvalue weighted by Crippen LogP contribution is -2.37. The number of hydrogen-bond acceptors (Lipinski definition) is 4. The van der Waals surface area contributed by atoms with Crippen LogP contribution in [0.1, 0.15) is 20.3 Å². The smallest absolute Gasteiger partial charge is 0.323 e. The zero-order valence-electron chi connectivity index (χ0n) is 11.1. The number of nitrogens with zero attached hydrogens (tertiary/aromatic N) is 3. The van der Waals surface area contributed by atoms with Crippen molar-refractivity contribution in [1.29, 1.82) is 0 Å². The van der Waals surface area contributed by atoms with Crippen molar-refractivity contribution in [3.8, 4) is 0 Å². The van der Waals surface area contributed by atoms with Crippen molar-refractivity contribution in [2.24, 2.45) is 0 Å². The number of benzene rings is 1. The topological polar surface area (TPSA) is 66.3 Å². The van der Waals surface area contributed by atoms with Gasteiger partial charge in [-0.25, -0.2) is 4.98 Å². The second kappa shape index (κ2) is 5.65. The highest BCUT2D eigenvalue weighted by atomic mass is 16.4. The van der Waals surface area contributed by atoms with Crippen LogP contribution in [0.15, 0.2) is 30.5 Å². The number of para-hydroxylation sites is 2. The van der Waals surface area contributed by atoms with Gasteiger partial charge in [-0.3, -0.25) is 9.78 Å². The zero-order valence-corrected chi connectivity index (χ0v) is 11.1. The van der Waals surface area contributed by atoms with Crippen molar-refractivity contribution in [1.82, 2.24) is 9.97 Å². The van der Waals surface area contributed by atoms with Gasteiger partial charge in [0.05, 0.1) is 17.2 Å². The van der Waals surface area contributed by atoms with Crippen LogP contribution in [-0.2, 0) is 4.79 Å². The van der Waals surface area contributed by atoms with Crippen molar-refractivity contribution >= 4 is 22.8 Å². The molecular weight excluding hydrogens is 242 g/mol. The molecule has 0 aliphatic carbocycles. The summed E-state index contributed by atoms with van der Waals surface area (Å²) in [4.78, 5) is 21.6. The molecule has 2 aromatic rings. The van der Waals surface area contributed by atoms with Crippen LogP contribution in [0.4, 0.5) is 5.82 Å². The van der Waals surface area contributed by atoms with E-state index in [-0.39, 0.29) is 12.6 Å². The average Bonchev–Trinajstić information content (AvgIpc) is 2.43. The van der Waals surface area contributed by atoms with Crippen LogP contribution in [-0.4, -0.2) is 33.6 Å². The molecule has 0 aliphatic rings. The molecule has 0 spiro atoms. The fourth-order valence-corrected chi connectivity index (χ4v) is 1.91. The van der Waals surface area contributed by atoms with Crippen LogP contribution in [0.5, 0.6) is 0 Å². The van der Waals surface area contributed by atoms with Crippen molar-refractivity contribution in [2.45, 2.75) is 26.3 Å². The molecule has 0 radical (unpaired) electrons. The fraction of sp³-hybridized carbons (Fsp3) is 0.357. The molecule has 100 valence electrons. The van der Waals surface area contributed by atoms with Gasteiger partial charge >= 0.3 is 5.97 Å². The van der Waals surface area contributed by atoms with Crippen LogP contribution < -0.4 is 4.90 Å². The minimum atomic E-state index is -0.866. The monoisotopic (exact) mass is 259 g/mol. The molecule has 1 atom stereocenters. The number of rotatable bonds is 5. The third-order valence-corrected chi connectivity index (χ3v) is 3.16. The molecular formula is C14H17N3O2. The van der Waals surface area contributed by atoms with Gasteiger partial charge in [0, 0.05) is 6.04 Å². The molecule has 5 nitrogen and oxygen atoms in total. The van der Waals surface area contributed by atoms with Crippen molar-refractivity contribution in [2.75, 3.05) is 11.4 Å². The molecule has 1 N–H and O–H groups in total. The number of hydrogen-bond donors (Lipinski definition) is 1. The van der Waals surface area contributed by atoms with Crippen molar-refractivity contribution in [3.05, 3.63) is 30.5 Å². The number of carboxylic acid groups (broad SMARTS) is 1. The summed E-state index contributed by atoms with van der Waals surface area (Å²) in [5, 5.41) is 9.01. The number of aromatic nitrogens is 2. The van der Waals surface area contributed by atoms with E-state index in [1.165, 1.54) is 0 Å². The minimum Gasteiger partial charge on any atom is -0.480 e. The first-order valence-corrected chi connectivity index (χ1v) is 6.32. The Kier molecular flexibility index (Phi) is 3.94. The molecule has 0 amide bonds. The largest absolute Gasteiger partial charge is 0.480 e. The predicted molar refractivity (Wildman–Crippen MR) is 74.3 cm³/mol. The quantitative estimate of drug-likeness (QED) is 0.892. The summed E-state index contributed by atoms with van der Waals surface area (Å²) in [6.07, 6.45) is 2.49. The first-order valence-electron chi connectivity index (χ1n) is 6.32. The van der Waals surface area contributed by atoms with Crippen LogP contribution in [0.25, 0.3) is 11.0 Å². The van der Waals surface area contributed by atoms with E-state index in [4.69, 9.17) is 5.11 Å². The first kappa shape index (κ1) is 13.3. The van der Waals surface area contributed by atoms with E-state index in [1.54, 1.807) is 11.1 Å². The predicted octanol–water partition coefficient (Wildman–Crippen LogP) is 2.32. The molecule has 0 fully saturated rings. The summed E-state index contributed by atoms with van der Waals surface area (Å²) in [6, 6.07) is 7.66. The molecule has 0 saturated carbocycles. The van der Waals surface area contributed by atoms with Gasteiger partial charge in [-0.1, -0.05) is 19.1 Å². The SMILES string of the molecule is CCC(C)N(CC(=O)O)c1cnc2ccccc2n1. The molecule has 1 aromatic carbocycles. The van der Waals surface area contributed by atoms with Gasteiger partial charge in [-0.15, -0.1) is 0 Å². The van der Waals surface area contributed by atoms with Crippen LogP contribution in [0, 0.1) is 0 Å². The van der Waals surface area contributed by atoms with Crippen LogP contribution in [0.2, 0.25) is 0 Å². The molecule has 1 aromatic heterocycles. The number of anilines is 1. The third-order valence-electron chi connectivity index (χ3n) is 3.16. The number of carbonyl (C=O) groups is 1. The Labute approximate surface area is 111 Å². The standard InChI is InChI=1S/C14H17N3O2/c1-3-10(2)17(9-14(18)19)13-8-15-11-6-4-5-7-12(11)16-13/h4-8,10H,3,9H2,1-2H3,(H,18,19). The van der Waals surface area contributed by atoms with Crippen molar-refractivity contribution in [3.63, 3.8) is 0 Å². The van der Waals surface area contributed by atoms with E-state index in [1.807, 2.05) is 38.1 Å². The van der Waals surface area contributed by atoms with Gasteiger partial charge < -0.3 is 10.0 Å². The summed E-state index contributed by atoms with van der Waals surface area (Å²) < 4.78 is 0. The van der Waals surface area contributed by atoms with Gasteiger partial charge in [-0.2, -0.15) is 0 Å². The van der Waals surface area contributed by atoms with Gasteiger partial charge in [-0.05, 0) is 25.5 Å². The zero-order chi connectivity index (χ0) is 13.8. The second-order valence-electron chi connectivity index (χ2n) is 4.50. The van der Waals surface area contributed by atoms with E-state index < -0.39 is 5.97 Å². The molecule has 0 aliphatic heterocycles. The van der Waals surface area contributed by atoms with E-state index in [2.05, 4.69) is 9.97 Å². The number of fused-ring (bicyclic) bond motifs is 1. The summed E-state index contributed by atoms with van der Waals surface area (Å²) >= 11 is 0. The highest BCUT2D eigenvalue weighted by molar-refractivity contribution is 5.77. The molecule has 1 heterocycles. The van der Waals surface area contributed by atoms with Gasteiger partial charge in [0.1, 0.15) is 12.4 Å². The molecule has 1 unspecified atom stereocenters. The lowest BCUT2D eigenvalue weighted by atomic mass is 10.2. The molecule has 19 heavy (non-hydrogen) atoms. The Morgan fingerprint density at radius 3 is 2.68 bits per heavy atom. The minimum absolute atomic E-state index is 0.0674. The molecule has 0 bridgehead atoms. The highest BCUT2D eigenvalue weighted by Gasteiger charge is 2.18. The Morgan fingerprint density at radius 2 is 2.05 bits per heavy atom. The third kappa shape index (κ3) is 2.99. The lowest BCUT2D eigenvalue weighted by molar-refractivity contribution is -0.135. The molecule has 0 saturated heterocycles.